The lowest BCUT2D eigenvalue weighted by Gasteiger charge is -2.36. The zero-order valence-electron chi connectivity index (χ0n) is 17.4. The maximum Gasteiger partial charge on any atom is 0.416 e. The van der Waals surface area contributed by atoms with Crippen LogP contribution < -0.4 is 9.80 Å². The minimum Gasteiger partial charge on any atom is -0.378 e. The number of halogens is 4. The van der Waals surface area contributed by atoms with Crippen molar-refractivity contribution in [2.24, 2.45) is 0 Å². The smallest absolute Gasteiger partial charge is 0.378 e. The first-order chi connectivity index (χ1) is 15.2. The number of rotatable bonds is 3. The van der Waals surface area contributed by atoms with Gasteiger partial charge in [0.15, 0.2) is 0 Å². The highest BCUT2D eigenvalue weighted by molar-refractivity contribution is 5.92. The molecule has 0 spiro atoms. The quantitative estimate of drug-likeness (QED) is 0.572. The molecular weight excluding hydrogens is 422 g/mol. The molecule has 0 amide bonds. The van der Waals surface area contributed by atoms with E-state index in [-0.39, 0.29) is 5.57 Å². The third-order valence-corrected chi connectivity index (χ3v) is 5.87. The second-order valence-corrected chi connectivity index (χ2v) is 7.76. The van der Waals surface area contributed by atoms with E-state index in [4.69, 9.17) is 4.74 Å². The third kappa shape index (κ3) is 3.96. The van der Waals surface area contributed by atoms with Crippen molar-refractivity contribution in [3.63, 3.8) is 0 Å². The van der Waals surface area contributed by atoms with Crippen LogP contribution in [0, 0.1) is 17.1 Å². The van der Waals surface area contributed by atoms with E-state index >= 15 is 4.39 Å². The lowest BCUT2D eigenvalue weighted by Crippen LogP contribution is -2.37. The third-order valence-electron chi connectivity index (χ3n) is 5.87. The van der Waals surface area contributed by atoms with Gasteiger partial charge in [0, 0.05) is 24.9 Å². The lowest BCUT2D eigenvalue weighted by atomic mass is 9.92. The molecule has 166 valence electrons. The molecular formula is C24H21F4N3O. The van der Waals surface area contributed by atoms with E-state index in [0.29, 0.717) is 54.4 Å². The highest BCUT2D eigenvalue weighted by Crippen LogP contribution is 2.43. The molecule has 0 aromatic heterocycles. The fourth-order valence-corrected chi connectivity index (χ4v) is 4.01. The van der Waals surface area contributed by atoms with Gasteiger partial charge in [-0.05, 0) is 42.3 Å². The van der Waals surface area contributed by atoms with E-state index < -0.39 is 23.6 Å². The summed E-state index contributed by atoms with van der Waals surface area (Å²) in [6, 6.07) is 9.67. The zero-order valence-corrected chi connectivity index (χ0v) is 17.4. The standard InChI is InChI=1S/C24H21F4N3O/c1-15-18(13-29)14-31(16(2)17-3-5-19(6-4-17)24(26,27)28)22-12-23(21(25)11-20(15)22)30-7-9-32-10-8-30/h3-6,11-12,14,16H,1,7-10H2,2H3. The average Bonchev–Trinajstić information content (AvgIpc) is 2.79. The first kappa shape index (κ1) is 21.9. The minimum atomic E-state index is -4.42. The molecule has 4 rings (SSSR count). The number of anilines is 2. The molecule has 2 aliphatic rings. The normalized spacial score (nSPS) is 17.5. The topological polar surface area (TPSA) is 39.5 Å². The van der Waals surface area contributed by atoms with Crippen molar-refractivity contribution < 1.29 is 22.3 Å². The molecule has 0 aliphatic carbocycles. The number of allylic oxidation sites excluding steroid dienone is 2. The first-order valence-corrected chi connectivity index (χ1v) is 10.1. The molecule has 2 aromatic rings. The van der Waals surface area contributed by atoms with E-state index in [1.54, 1.807) is 17.2 Å². The van der Waals surface area contributed by atoms with Gasteiger partial charge < -0.3 is 14.5 Å². The number of nitrogens with zero attached hydrogens (tertiary/aromatic N) is 3. The molecule has 0 radical (unpaired) electrons. The molecule has 4 nitrogen and oxygen atoms in total. The summed E-state index contributed by atoms with van der Waals surface area (Å²) in [6.45, 7) is 7.86. The molecule has 0 N–H and O–H groups in total. The van der Waals surface area contributed by atoms with E-state index in [1.807, 2.05) is 11.8 Å². The van der Waals surface area contributed by atoms with Crippen LogP contribution in [0.1, 0.15) is 29.7 Å². The Morgan fingerprint density at radius 1 is 1.09 bits per heavy atom. The Bertz CT molecular complexity index is 1110. The molecule has 0 saturated carbocycles. The zero-order chi connectivity index (χ0) is 23.0. The number of benzene rings is 2. The summed E-state index contributed by atoms with van der Waals surface area (Å²) < 4.78 is 59.2. The highest BCUT2D eigenvalue weighted by atomic mass is 19.4. The van der Waals surface area contributed by atoms with Crippen molar-refractivity contribution in [3.8, 4) is 6.07 Å². The number of hydrogen-bond acceptors (Lipinski definition) is 4. The molecule has 2 aliphatic heterocycles. The average molecular weight is 443 g/mol. The Kier molecular flexibility index (Phi) is 5.70. The van der Waals surface area contributed by atoms with Crippen molar-refractivity contribution in [1.82, 2.24) is 0 Å². The maximum absolute atomic E-state index is 15.0. The van der Waals surface area contributed by atoms with Gasteiger partial charge in [0.25, 0.3) is 0 Å². The minimum absolute atomic E-state index is 0.273. The van der Waals surface area contributed by atoms with Gasteiger partial charge in [0.1, 0.15) is 11.9 Å². The molecule has 1 fully saturated rings. The SMILES string of the molecule is C=C1C(C#N)=CN(C(C)c2ccc(C(F)(F)F)cc2)c2cc(N3CCOCC3)c(F)cc21. The summed E-state index contributed by atoms with van der Waals surface area (Å²) in [5, 5.41) is 9.56. The van der Waals surface area contributed by atoms with Gasteiger partial charge in [-0.1, -0.05) is 18.7 Å². The number of alkyl halides is 3. The Morgan fingerprint density at radius 2 is 1.75 bits per heavy atom. The van der Waals surface area contributed by atoms with Gasteiger partial charge in [0.2, 0.25) is 0 Å². The molecule has 2 aromatic carbocycles. The van der Waals surface area contributed by atoms with Crippen LogP contribution in [0.15, 0.2) is 54.8 Å². The van der Waals surface area contributed by atoms with Crippen LogP contribution in [0.3, 0.4) is 0 Å². The lowest BCUT2D eigenvalue weighted by molar-refractivity contribution is -0.137. The number of hydrogen-bond donors (Lipinski definition) is 0. The summed E-state index contributed by atoms with van der Waals surface area (Å²) in [5.41, 5.74) is 2.12. The fraction of sp³-hybridized carbons (Fsp3) is 0.292. The van der Waals surface area contributed by atoms with E-state index in [0.717, 1.165) is 12.1 Å². The van der Waals surface area contributed by atoms with Gasteiger partial charge >= 0.3 is 6.18 Å². The Balaban J connectivity index is 1.77. The van der Waals surface area contributed by atoms with Crippen molar-refractivity contribution in [1.29, 1.82) is 5.26 Å². The number of ether oxygens (including phenoxy) is 1. The molecule has 1 unspecified atom stereocenters. The van der Waals surface area contributed by atoms with Crippen molar-refractivity contribution in [3.05, 3.63) is 77.3 Å². The summed E-state index contributed by atoms with van der Waals surface area (Å²) in [7, 11) is 0. The van der Waals surface area contributed by atoms with Gasteiger partial charge in [-0.3, -0.25) is 0 Å². The molecule has 8 heteroatoms. The largest absolute Gasteiger partial charge is 0.416 e. The van der Waals surface area contributed by atoms with Gasteiger partial charge in [0.05, 0.1) is 41.8 Å². The van der Waals surface area contributed by atoms with Crippen LogP contribution in [-0.4, -0.2) is 26.3 Å². The Morgan fingerprint density at radius 3 is 2.34 bits per heavy atom. The second kappa shape index (κ2) is 8.32. The predicted octanol–water partition coefficient (Wildman–Crippen LogP) is 5.68. The van der Waals surface area contributed by atoms with E-state index in [2.05, 4.69) is 12.6 Å². The van der Waals surface area contributed by atoms with Gasteiger partial charge in [-0.15, -0.1) is 0 Å². The van der Waals surface area contributed by atoms with Crippen molar-refractivity contribution >= 4 is 16.9 Å². The second-order valence-electron chi connectivity index (χ2n) is 7.76. The molecule has 32 heavy (non-hydrogen) atoms. The first-order valence-electron chi connectivity index (χ1n) is 10.1. The van der Waals surface area contributed by atoms with Gasteiger partial charge in [-0.25, -0.2) is 4.39 Å². The van der Waals surface area contributed by atoms with Crippen LogP contribution in [0.25, 0.3) is 5.57 Å². The van der Waals surface area contributed by atoms with Crippen molar-refractivity contribution in [2.75, 3.05) is 36.1 Å². The molecule has 1 atom stereocenters. The predicted molar refractivity (Wildman–Crippen MR) is 115 cm³/mol. The summed E-state index contributed by atoms with van der Waals surface area (Å²) in [5.74, 6) is -0.423. The Hall–Kier alpha value is -3.31. The maximum atomic E-state index is 15.0. The number of morpholine rings is 1. The van der Waals surface area contributed by atoms with Crippen LogP contribution >= 0.6 is 0 Å². The van der Waals surface area contributed by atoms with Crippen molar-refractivity contribution in [2.45, 2.75) is 19.1 Å². The molecule has 2 heterocycles. The highest BCUT2D eigenvalue weighted by Gasteiger charge is 2.31. The van der Waals surface area contributed by atoms with Crippen LogP contribution in [0.4, 0.5) is 28.9 Å². The summed E-state index contributed by atoms with van der Waals surface area (Å²) in [4.78, 5) is 3.68. The molecule has 0 bridgehead atoms. The van der Waals surface area contributed by atoms with E-state index in [1.165, 1.54) is 18.2 Å². The van der Waals surface area contributed by atoms with Crippen LogP contribution in [-0.2, 0) is 10.9 Å². The van der Waals surface area contributed by atoms with Crippen LogP contribution in [0.5, 0.6) is 0 Å². The monoisotopic (exact) mass is 443 g/mol. The van der Waals surface area contributed by atoms with E-state index in [9.17, 15) is 18.4 Å². The summed E-state index contributed by atoms with van der Waals surface area (Å²) in [6.07, 6.45) is -2.80. The van der Waals surface area contributed by atoms with Crippen LogP contribution in [0.2, 0.25) is 0 Å². The Labute approximate surface area is 183 Å². The van der Waals surface area contributed by atoms with Gasteiger partial charge in [-0.2, -0.15) is 18.4 Å². The summed E-state index contributed by atoms with van der Waals surface area (Å²) >= 11 is 0. The molecule has 1 saturated heterocycles. The number of fused-ring (bicyclic) bond motifs is 1. The number of nitriles is 1. The fourth-order valence-electron chi connectivity index (χ4n) is 4.01.